The van der Waals surface area contributed by atoms with Gasteiger partial charge < -0.3 is 15.0 Å². The molecule has 0 saturated carbocycles. The highest BCUT2D eigenvalue weighted by atomic mass is 16.6. The van der Waals surface area contributed by atoms with Crippen molar-refractivity contribution in [3.8, 4) is 17.1 Å². The molecular formula is C22H21N5O4. The number of amides is 1. The molecule has 0 saturated heterocycles. The van der Waals surface area contributed by atoms with E-state index < -0.39 is 4.92 Å². The summed E-state index contributed by atoms with van der Waals surface area (Å²) >= 11 is 0. The number of nitro benzene ring substituents is 1. The van der Waals surface area contributed by atoms with Gasteiger partial charge in [0.25, 0.3) is 11.6 Å². The molecule has 0 atom stereocenters. The van der Waals surface area contributed by atoms with Crippen LogP contribution in [0.2, 0.25) is 0 Å². The fraction of sp³-hybridized carbons (Fsp3) is 0.227. The fourth-order valence-electron chi connectivity index (χ4n) is 3.40. The maximum absolute atomic E-state index is 12.3. The summed E-state index contributed by atoms with van der Waals surface area (Å²) in [4.78, 5) is 33.5. The lowest BCUT2D eigenvalue weighted by Gasteiger charge is -2.29. The Bertz CT molecular complexity index is 1130. The van der Waals surface area contributed by atoms with Crippen LogP contribution in [0.4, 0.5) is 17.2 Å². The molecule has 1 amide bonds. The minimum absolute atomic E-state index is 0.00688. The van der Waals surface area contributed by atoms with Gasteiger partial charge in [0.1, 0.15) is 11.6 Å². The number of aryl methyl sites for hydroxylation is 1. The van der Waals surface area contributed by atoms with E-state index in [0.717, 1.165) is 11.4 Å². The lowest BCUT2D eigenvalue weighted by atomic mass is 10.2. The summed E-state index contributed by atoms with van der Waals surface area (Å²) < 4.78 is 5.47. The number of nitro groups is 1. The largest absolute Gasteiger partial charge is 0.482 e. The zero-order valence-corrected chi connectivity index (χ0v) is 16.9. The number of anilines is 2. The second-order valence-electron chi connectivity index (χ2n) is 7.11. The molecule has 9 heteroatoms. The highest BCUT2D eigenvalue weighted by Gasteiger charge is 2.24. The molecule has 1 aliphatic rings. The molecule has 0 aliphatic carbocycles. The number of hydrogen-bond acceptors (Lipinski definition) is 7. The van der Waals surface area contributed by atoms with Gasteiger partial charge in [0, 0.05) is 42.5 Å². The van der Waals surface area contributed by atoms with Gasteiger partial charge in [0.15, 0.2) is 12.4 Å². The van der Waals surface area contributed by atoms with Crippen LogP contribution in [0.15, 0.2) is 54.6 Å². The van der Waals surface area contributed by atoms with Gasteiger partial charge in [-0.2, -0.15) is 0 Å². The van der Waals surface area contributed by atoms with Gasteiger partial charge in [0.2, 0.25) is 0 Å². The molecule has 1 N–H and O–H groups in total. The summed E-state index contributed by atoms with van der Waals surface area (Å²) in [6, 6.07) is 15.6. The third-order valence-corrected chi connectivity index (χ3v) is 4.84. The van der Waals surface area contributed by atoms with Crippen molar-refractivity contribution < 1.29 is 14.5 Å². The van der Waals surface area contributed by atoms with Gasteiger partial charge in [-0.25, -0.2) is 9.97 Å². The van der Waals surface area contributed by atoms with Gasteiger partial charge in [0.05, 0.1) is 10.6 Å². The molecule has 0 unspecified atom stereocenters. The number of ether oxygens (including phenoxy) is 1. The van der Waals surface area contributed by atoms with Crippen LogP contribution in [0.3, 0.4) is 0 Å². The van der Waals surface area contributed by atoms with Crippen molar-refractivity contribution in [2.75, 3.05) is 29.9 Å². The number of non-ortho nitro benzene ring substituents is 1. The smallest absolute Gasteiger partial charge is 0.270 e. The summed E-state index contributed by atoms with van der Waals surface area (Å²) in [5.41, 5.74) is 2.10. The number of carbonyl (C=O) groups excluding carboxylic acids is 1. The summed E-state index contributed by atoms with van der Waals surface area (Å²) in [6.45, 7) is 3.03. The number of fused-ring (bicyclic) bond motifs is 1. The van der Waals surface area contributed by atoms with Crippen LogP contribution in [0.5, 0.6) is 5.75 Å². The second-order valence-corrected chi connectivity index (χ2v) is 7.11. The fourth-order valence-corrected chi connectivity index (χ4v) is 3.40. The zero-order valence-electron chi connectivity index (χ0n) is 16.9. The van der Waals surface area contributed by atoms with E-state index in [1.807, 2.05) is 37.3 Å². The highest BCUT2D eigenvalue weighted by molar-refractivity contribution is 5.97. The quantitative estimate of drug-likeness (QED) is 0.354. The molecule has 1 aromatic heterocycles. The Hall–Kier alpha value is -4.01. The van der Waals surface area contributed by atoms with Crippen LogP contribution in [-0.2, 0) is 4.79 Å². The van der Waals surface area contributed by atoms with Crippen LogP contribution in [-0.4, -0.2) is 40.5 Å². The first-order valence-corrected chi connectivity index (χ1v) is 9.88. The molecule has 3 aromatic rings. The maximum Gasteiger partial charge on any atom is 0.270 e. The molecular weight excluding hydrogens is 398 g/mol. The Kier molecular flexibility index (Phi) is 5.74. The highest BCUT2D eigenvalue weighted by Crippen LogP contribution is 2.31. The Balaban J connectivity index is 1.41. The first-order chi connectivity index (χ1) is 15.0. The minimum Gasteiger partial charge on any atom is -0.482 e. The van der Waals surface area contributed by atoms with Crippen LogP contribution < -0.4 is 15.0 Å². The average Bonchev–Trinajstić information content (AvgIpc) is 2.77. The van der Waals surface area contributed by atoms with E-state index in [0.29, 0.717) is 42.5 Å². The molecule has 9 nitrogen and oxygen atoms in total. The van der Waals surface area contributed by atoms with E-state index in [-0.39, 0.29) is 18.2 Å². The second kappa shape index (κ2) is 8.78. The van der Waals surface area contributed by atoms with Crippen molar-refractivity contribution in [1.29, 1.82) is 0 Å². The Morgan fingerprint density at radius 2 is 2.00 bits per heavy atom. The third-order valence-electron chi connectivity index (χ3n) is 4.84. The number of benzene rings is 2. The van der Waals surface area contributed by atoms with Gasteiger partial charge in [-0.05, 0) is 25.5 Å². The standard InChI is InChI=1S/C22H21N5O4/c1-15-12-20(25-22(24-15)16-6-4-7-17(13-16)27(29)30)23-10-5-11-26-18-8-2-3-9-19(18)31-14-21(26)28/h2-4,6-9,12-13H,5,10-11,14H2,1H3,(H,23,24,25). The lowest BCUT2D eigenvalue weighted by molar-refractivity contribution is -0.384. The van der Waals surface area contributed by atoms with Crippen LogP contribution in [0.1, 0.15) is 12.1 Å². The molecule has 0 bridgehead atoms. The number of para-hydroxylation sites is 2. The summed E-state index contributed by atoms with van der Waals surface area (Å²) in [7, 11) is 0. The number of nitrogens with zero attached hydrogens (tertiary/aromatic N) is 4. The predicted molar refractivity (Wildman–Crippen MR) is 116 cm³/mol. The topological polar surface area (TPSA) is 110 Å². The molecule has 0 spiro atoms. The van der Waals surface area contributed by atoms with E-state index in [9.17, 15) is 14.9 Å². The molecule has 2 heterocycles. The predicted octanol–water partition coefficient (Wildman–Crippen LogP) is 3.59. The van der Waals surface area contributed by atoms with Crippen LogP contribution in [0.25, 0.3) is 11.4 Å². The van der Waals surface area contributed by atoms with Gasteiger partial charge in [-0.3, -0.25) is 14.9 Å². The summed E-state index contributed by atoms with van der Waals surface area (Å²) in [6.07, 6.45) is 0.704. The summed E-state index contributed by atoms with van der Waals surface area (Å²) in [5, 5.41) is 14.3. The SMILES string of the molecule is Cc1cc(NCCCN2C(=O)COc3ccccc32)nc(-c2cccc([N+](=O)[O-])c2)n1. The van der Waals surface area contributed by atoms with Crippen molar-refractivity contribution in [1.82, 2.24) is 9.97 Å². The summed E-state index contributed by atoms with van der Waals surface area (Å²) in [5.74, 6) is 1.69. The van der Waals surface area contributed by atoms with Crippen molar-refractivity contribution >= 4 is 23.1 Å². The Labute approximate surface area is 178 Å². The van der Waals surface area contributed by atoms with Crippen LogP contribution in [0, 0.1) is 17.0 Å². The van der Waals surface area contributed by atoms with Crippen molar-refractivity contribution in [2.45, 2.75) is 13.3 Å². The average molecular weight is 419 g/mol. The van der Waals surface area contributed by atoms with Gasteiger partial charge in [-0.15, -0.1) is 0 Å². The van der Waals surface area contributed by atoms with Crippen LogP contribution >= 0.6 is 0 Å². The zero-order chi connectivity index (χ0) is 21.8. The third kappa shape index (κ3) is 4.61. The minimum atomic E-state index is -0.441. The normalized spacial score (nSPS) is 12.8. The number of aromatic nitrogens is 2. The van der Waals surface area contributed by atoms with Crippen molar-refractivity contribution in [3.05, 3.63) is 70.4 Å². The molecule has 2 aromatic carbocycles. The number of rotatable bonds is 7. The van der Waals surface area contributed by atoms with E-state index in [1.54, 1.807) is 17.0 Å². The molecule has 4 rings (SSSR count). The Morgan fingerprint density at radius 3 is 2.84 bits per heavy atom. The van der Waals surface area contributed by atoms with Gasteiger partial charge >= 0.3 is 0 Å². The monoisotopic (exact) mass is 419 g/mol. The van der Waals surface area contributed by atoms with Gasteiger partial charge in [-0.1, -0.05) is 24.3 Å². The maximum atomic E-state index is 12.3. The van der Waals surface area contributed by atoms with E-state index in [4.69, 9.17) is 4.74 Å². The van der Waals surface area contributed by atoms with Crippen molar-refractivity contribution in [2.24, 2.45) is 0 Å². The van der Waals surface area contributed by atoms with E-state index in [2.05, 4.69) is 15.3 Å². The molecule has 1 aliphatic heterocycles. The first-order valence-electron chi connectivity index (χ1n) is 9.88. The Morgan fingerprint density at radius 1 is 1.16 bits per heavy atom. The van der Waals surface area contributed by atoms with E-state index >= 15 is 0 Å². The number of hydrogen-bond donors (Lipinski definition) is 1. The number of nitrogens with one attached hydrogen (secondary N) is 1. The molecule has 0 radical (unpaired) electrons. The lowest BCUT2D eigenvalue weighted by Crippen LogP contribution is -2.39. The van der Waals surface area contributed by atoms with Crippen molar-refractivity contribution in [3.63, 3.8) is 0 Å². The molecule has 0 fully saturated rings. The molecule has 158 valence electrons. The number of carbonyl (C=O) groups is 1. The first kappa shape index (κ1) is 20.3. The molecule has 31 heavy (non-hydrogen) atoms. The van der Waals surface area contributed by atoms with E-state index in [1.165, 1.54) is 12.1 Å².